The molecule has 2 amide bonds. The van der Waals surface area contributed by atoms with E-state index in [1.807, 2.05) is 79.7 Å². The maximum Gasteiger partial charge on any atom is 0.411 e. The Hall–Kier alpha value is -4.33. The van der Waals surface area contributed by atoms with Gasteiger partial charge in [-0.25, -0.2) is 14.4 Å². The molecule has 0 aliphatic heterocycles. The van der Waals surface area contributed by atoms with Crippen molar-refractivity contribution in [2.24, 2.45) is 0 Å². The fourth-order valence-electron chi connectivity index (χ4n) is 4.36. The van der Waals surface area contributed by atoms with Crippen LogP contribution in [0.1, 0.15) is 98.8 Å². The predicted molar refractivity (Wildman–Crippen MR) is 185 cm³/mol. The molecule has 0 saturated heterocycles. The summed E-state index contributed by atoms with van der Waals surface area (Å²) < 4.78 is 10.7. The van der Waals surface area contributed by atoms with E-state index in [0.29, 0.717) is 11.3 Å². The Kier molecular flexibility index (Phi) is 19.3. The second-order valence-electron chi connectivity index (χ2n) is 9.89. The van der Waals surface area contributed by atoms with Crippen molar-refractivity contribution in [3.8, 4) is 11.1 Å². The van der Waals surface area contributed by atoms with Gasteiger partial charge in [0.15, 0.2) is 0 Å². The molecule has 0 unspecified atom stereocenters. The molecule has 4 rings (SSSR count). The number of benzene rings is 3. The van der Waals surface area contributed by atoms with Gasteiger partial charge in [-0.1, -0.05) is 116 Å². The normalized spacial score (nSPS) is 11.4. The Labute approximate surface area is 270 Å². The summed E-state index contributed by atoms with van der Waals surface area (Å²) >= 11 is 0. The summed E-state index contributed by atoms with van der Waals surface area (Å²) in [6, 6.07) is 21.8. The summed E-state index contributed by atoms with van der Waals surface area (Å²) in [5.74, 6) is -1.21. The third-order valence-electron chi connectivity index (χ3n) is 5.97. The average molecular weight is 623 g/mol. The molecule has 0 fully saturated rings. The first-order valence-electron chi connectivity index (χ1n) is 16.0. The number of alkyl carbamates (subject to hydrolysis) is 1. The topological polar surface area (TPSA) is 114 Å². The van der Waals surface area contributed by atoms with Gasteiger partial charge in [0.2, 0.25) is 0 Å². The minimum atomic E-state index is -1.17. The summed E-state index contributed by atoms with van der Waals surface area (Å²) in [4.78, 5) is 36.1. The van der Waals surface area contributed by atoms with Crippen LogP contribution in [0.15, 0.2) is 72.8 Å². The second kappa shape index (κ2) is 21.4. The van der Waals surface area contributed by atoms with E-state index in [0.717, 1.165) is 22.3 Å². The number of nitrogens with one attached hydrogen (secondary N) is 2. The number of anilines is 1. The van der Waals surface area contributed by atoms with E-state index < -0.39 is 29.8 Å². The van der Waals surface area contributed by atoms with Crippen LogP contribution in [0.5, 0.6) is 0 Å². The van der Waals surface area contributed by atoms with Crippen molar-refractivity contribution in [1.29, 1.82) is 0 Å². The Morgan fingerprint density at radius 2 is 1.20 bits per heavy atom. The third-order valence-corrected chi connectivity index (χ3v) is 5.97. The molecule has 0 radical (unpaired) electrons. The molecule has 3 aromatic rings. The minimum Gasteiger partial charge on any atom is -0.480 e. The highest BCUT2D eigenvalue weighted by Gasteiger charge is 2.29. The number of carboxylic acid groups (broad SMARTS) is 1. The molecule has 45 heavy (non-hydrogen) atoms. The number of carbonyl (C=O) groups excluding carboxylic acids is 2. The molecule has 0 heterocycles. The molecule has 1 atom stereocenters. The number of carboxylic acids is 1. The number of hydrogen-bond acceptors (Lipinski definition) is 5. The van der Waals surface area contributed by atoms with E-state index in [9.17, 15) is 19.5 Å². The van der Waals surface area contributed by atoms with Crippen LogP contribution in [0.3, 0.4) is 0 Å². The average Bonchev–Trinajstić information content (AvgIpc) is 3.37. The monoisotopic (exact) mass is 622 g/mol. The highest BCUT2D eigenvalue weighted by molar-refractivity contribution is 5.85. The molecule has 0 spiro atoms. The van der Waals surface area contributed by atoms with Gasteiger partial charge in [-0.15, -0.1) is 0 Å². The Balaban J connectivity index is 0.00000224. The van der Waals surface area contributed by atoms with E-state index in [1.54, 1.807) is 45.0 Å². The van der Waals surface area contributed by atoms with Gasteiger partial charge in [0.25, 0.3) is 0 Å². The number of fused-ring (bicyclic) bond motifs is 3. The van der Waals surface area contributed by atoms with Crippen molar-refractivity contribution < 1.29 is 29.0 Å². The number of amides is 2. The van der Waals surface area contributed by atoms with Gasteiger partial charge in [-0.2, -0.15) is 0 Å². The van der Waals surface area contributed by atoms with Gasteiger partial charge < -0.3 is 19.9 Å². The van der Waals surface area contributed by atoms with Crippen molar-refractivity contribution in [2.75, 3.05) is 11.9 Å². The van der Waals surface area contributed by atoms with E-state index in [-0.39, 0.29) is 18.9 Å². The Morgan fingerprint density at radius 1 is 0.733 bits per heavy atom. The van der Waals surface area contributed by atoms with Crippen LogP contribution >= 0.6 is 0 Å². The first-order chi connectivity index (χ1) is 21.6. The fourth-order valence-corrected chi connectivity index (χ4v) is 4.36. The van der Waals surface area contributed by atoms with E-state index in [2.05, 4.69) is 34.9 Å². The Bertz CT molecular complexity index is 1250. The lowest BCUT2D eigenvalue weighted by Crippen LogP contribution is -2.44. The summed E-state index contributed by atoms with van der Waals surface area (Å²) in [5.41, 5.74) is 5.02. The molecule has 0 aromatic heterocycles. The van der Waals surface area contributed by atoms with E-state index >= 15 is 0 Å². The van der Waals surface area contributed by atoms with Crippen molar-refractivity contribution in [3.05, 3.63) is 89.5 Å². The van der Waals surface area contributed by atoms with Gasteiger partial charge in [-0.05, 0) is 60.7 Å². The van der Waals surface area contributed by atoms with Gasteiger partial charge in [-0.3, -0.25) is 5.32 Å². The van der Waals surface area contributed by atoms with Crippen molar-refractivity contribution in [1.82, 2.24) is 5.32 Å². The predicted octanol–water partition coefficient (Wildman–Crippen LogP) is 9.67. The zero-order valence-electron chi connectivity index (χ0n) is 29.0. The van der Waals surface area contributed by atoms with Crippen molar-refractivity contribution in [3.63, 3.8) is 0 Å². The second-order valence-corrected chi connectivity index (χ2v) is 9.89. The first-order valence-corrected chi connectivity index (χ1v) is 16.0. The molecule has 3 aromatic carbocycles. The quantitative estimate of drug-likeness (QED) is 0.242. The van der Waals surface area contributed by atoms with Crippen LogP contribution < -0.4 is 10.6 Å². The van der Waals surface area contributed by atoms with Crippen LogP contribution in [0.4, 0.5) is 15.3 Å². The zero-order valence-corrected chi connectivity index (χ0v) is 29.0. The molecular formula is C37H54N2O6. The van der Waals surface area contributed by atoms with Gasteiger partial charge in [0.1, 0.15) is 18.2 Å². The summed E-state index contributed by atoms with van der Waals surface area (Å²) in [7, 11) is 0. The molecule has 3 N–H and O–H groups in total. The Morgan fingerprint density at radius 3 is 1.64 bits per heavy atom. The highest BCUT2D eigenvalue weighted by Crippen LogP contribution is 2.44. The number of ether oxygens (including phenoxy) is 2. The molecule has 1 aliphatic carbocycles. The number of carbonyl (C=O) groups is 3. The van der Waals surface area contributed by atoms with Crippen LogP contribution in [0, 0.1) is 0 Å². The van der Waals surface area contributed by atoms with Crippen molar-refractivity contribution in [2.45, 2.75) is 100 Å². The minimum absolute atomic E-state index is 0.0362. The molecular weight excluding hydrogens is 568 g/mol. The summed E-state index contributed by atoms with van der Waals surface area (Å²) in [6.07, 6.45) is -1.32. The SMILES string of the molecule is CC.CC.CC.CC.CC(C)(C)OC(=O)N[C@H](Cc1ccc(NC(=O)OCC2c3ccccc3-c3ccccc32)cc1)C(=O)O. The lowest BCUT2D eigenvalue weighted by Gasteiger charge is -2.22. The van der Waals surface area contributed by atoms with E-state index in [4.69, 9.17) is 9.47 Å². The highest BCUT2D eigenvalue weighted by atomic mass is 16.6. The summed E-state index contributed by atoms with van der Waals surface area (Å²) in [6.45, 7) is 21.3. The lowest BCUT2D eigenvalue weighted by atomic mass is 9.98. The molecule has 8 nitrogen and oxygen atoms in total. The van der Waals surface area contributed by atoms with Crippen LogP contribution in [0.25, 0.3) is 11.1 Å². The van der Waals surface area contributed by atoms with Crippen LogP contribution in [-0.4, -0.2) is 41.5 Å². The largest absolute Gasteiger partial charge is 0.480 e. The molecule has 248 valence electrons. The van der Waals surface area contributed by atoms with E-state index in [1.165, 1.54) is 0 Å². The molecule has 0 bridgehead atoms. The standard InChI is InChI=1S/C29H30N2O6.4C2H6/c1-29(2,3)37-28(35)31-25(26(32)33)16-18-12-14-19(15-13-18)30-27(34)36-17-24-22-10-6-4-8-20(22)21-9-5-7-11-23(21)24;4*1-2/h4-15,24-25H,16-17H2,1-3H3,(H,30,34)(H,31,35)(H,32,33);4*1-2H3/t25-;;;;/m1..../s1. The van der Waals surface area contributed by atoms with Gasteiger partial charge in [0, 0.05) is 18.0 Å². The molecule has 8 heteroatoms. The molecule has 0 saturated carbocycles. The zero-order chi connectivity index (χ0) is 34.6. The smallest absolute Gasteiger partial charge is 0.411 e. The van der Waals surface area contributed by atoms with Crippen molar-refractivity contribution >= 4 is 23.8 Å². The lowest BCUT2D eigenvalue weighted by molar-refractivity contribution is -0.139. The molecule has 1 aliphatic rings. The van der Waals surface area contributed by atoms with Crippen LogP contribution in [-0.2, 0) is 20.7 Å². The number of aliphatic carboxylic acids is 1. The maximum atomic E-state index is 12.5. The fraction of sp³-hybridized carbons (Fsp3) is 0.432. The van der Waals surface area contributed by atoms with Gasteiger partial charge in [0.05, 0.1) is 0 Å². The summed E-state index contributed by atoms with van der Waals surface area (Å²) in [5, 5.41) is 14.6. The number of rotatable bonds is 7. The maximum absolute atomic E-state index is 12.5. The van der Waals surface area contributed by atoms with Crippen LogP contribution in [0.2, 0.25) is 0 Å². The third kappa shape index (κ3) is 13.1. The number of hydrogen-bond donors (Lipinski definition) is 3. The first kappa shape index (κ1) is 40.7. The van der Waals surface area contributed by atoms with Gasteiger partial charge >= 0.3 is 18.2 Å².